The molecule has 4 rings (SSSR count). The van der Waals surface area contributed by atoms with Gasteiger partial charge in [0.1, 0.15) is 0 Å². The maximum absolute atomic E-state index is 12.7. The van der Waals surface area contributed by atoms with Crippen molar-refractivity contribution in [1.29, 1.82) is 0 Å². The molecule has 23 heavy (non-hydrogen) atoms. The second-order valence-corrected chi connectivity index (χ2v) is 6.40. The molecule has 0 N–H and O–H groups in total. The Morgan fingerprint density at radius 1 is 1.09 bits per heavy atom. The Labute approximate surface area is 135 Å². The van der Waals surface area contributed by atoms with Crippen LogP contribution in [-0.2, 0) is 4.74 Å². The van der Waals surface area contributed by atoms with Gasteiger partial charge in [0.2, 0.25) is 0 Å². The topological polar surface area (TPSA) is 49.9 Å². The average molecular weight is 309 g/mol. The third-order valence-electron chi connectivity index (χ3n) is 5.07. The molecule has 1 saturated heterocycles. The fourth-order valence-electron chi connectivity index (χ4n) is 3.47. The van der Waals surface area contributed by atoms with Crippen molar-refractivity contribution in [2.45, 2.75) is 31.8 Å². The van der Waals surface area contributed by atoms with Gasteiger partial charge in [-0.05, 0) is 36.8 Å². The van der Waals surface area contributed by atoms with E-state index < -0.39 is 0 Å². The Bertz CT molecular complexity index is 757. The number of imide groups is 1. The third kappa shape index (κ3) is 2.25. The van der Waals surface area contributed by atoms with Crippen LogP contribution in [0.2, 0.25) is 0 Å². The molecule has 0 spiro atoms. The lowest BCUT2D eigenvalue weighted by molar-refractivity contribution is 0.0604. The minimum Gasteiger partial charge on any atom is -0.370 e. The molecule has 0 aromatic heterocycles. The van der Waals surface area contributed by atoms with Gasteiger partial charge in [-0.2, -0.15) is 0 Å². The highest BCUT2D eigenvalue weighted by Crippen LogP contribution is 2.36. The molecule has 0 aliphatic carbocycles. The van der Waals surface area contributed by atoms with E-state index in [1.807, 2.05) is 36.4 Å². The maximum atomic E-state index is 12.7. The molecular weight excluding hydrogens is 290 g/mol. The number of rotatable bonds is 5. The number of carbonyl (C=O) groups is 2. The van der Waals surface area contributed by atoms with Crippen LogP contribution in [0.5, 0.6) is 0 Å². The van der Waals surface area contributed by atoms with Gasteiger partial charge < -0.3 is 4.74 Å². The molecule has 0 bridgehead atoms. The van der Waals surface area contributed by atoms with E-state index in [1.165, 1.54) is 4.90 Å². The van der Waals surface area contributed by atoms with Crippen molar-refractivity contribution in [3.63, 3.8) is 0 Å². The van der Waals surface area contributed by atoms with E-state index in [0.717, 1.165) is 36.6 Å². The highest BCUT2D eigenvalue weighted by molar-refractivity contribution is 6.25. The van der Waals surface area contributed by atoms with Gasteiger partial charge in [0.15, 0.2) is 0 Å². The van der Waals surface area contributed by atoms with Gasteiger partial charge in [-0.25, -0.2) is 0 Å². The zero-order valence-electron chi connectivity index (χ0n) is 13.2. The summed E-state index contributed by atoms with van der Waals surface area (Å²) >= 11 is 0. The predicted molar refractivity (Wildman–Crippen MR) is 87.5 cm³/mol. The Morgan fingerprint density at radius 3 is 2.22 bits per heavy atom. The molecular formula is C19H19NO3. The summed E-state index contributed by atoms with van der Waals surface area (Å²) in [6, 6.07) is 11.2. The van der Waals surface area contributed by atoms with Crippen LogP contribution in [0.1, 0.15) is 46.9 Å². The van der Waals surface area contributed by atoms with Crippen molar-refractivity contribution in [3.8, 4) is 0 Å². The van der Waals surface area contributed by atoms with Gasteiger partial charge in [-0.1, -0.05) is 31.2 Å². The van der Waals surface area contributed by atoms with E-state index in [9.17, 15) is 9.59 Å². The van der Waals surface area contributed by atoms with Crippen LogP contribution in [-0.4, -0.2) is 35.5 Å². The van der Waals surface area contributed by atoms with E-state index in [1.54, 1.807) is 0 Å². The van der Waals surface area contributed by atoms with Crippen molar-refractivity contribution >= 4 is 22.6 Å². The normalized spacial score (nSPS) is 22.7. The number of amides is 2. The first kappa shape index (κ1) is 14.4. The Hall–Kier alpha value is -2.20. The summed E-state index contributed by atoms with van der Waals surface area (Å²) in [5, 5.41) is 1.73. The van der Waals surface area contributed by atoms with Crippen LogP contribution in [0.4, 0.5) is 0 Å². The molecule has 2 aliphatic heterocycles. The van der Waals surface area contributed by atoms with Crippen LogP contribution in [0.25, 0.3) is 10.8 Å². The fourth-order valence-corrected chi connectivity index (χ4v) is 3.47. The van der Waals surface area contributed by atoms with E-state index in [2.05, 4.69) is 6.92 Å². The molecule has 1 fully saturated rings. The largest absolute Gasteiger partial charge is 0.370 e. The fraction of sp³-hybridized carbons (Fsp3) is 0.368. The number of epoxide rings is 1. The molecule has 2 aromatic carbocycles. The maximum Gasteiger partial charge on any atom is 0.261 e. The monoisotopic (exact) mass is 309 g/mol. The third-order valence-corrected chi connectivity index (χ3v) is 5.07. The summed E-state index contributed by atoms with van der Waals surface area (Å²) in [6.45, 7) is 3.36. The van der Waals surface area contributed by atoms with Crippen LogP contribution in [0, 0.1) is 0 Å². The molecule has 2 heterocycles. The number of carbonyl (C=O) groups excluding carboxylic acids is 2. The molecule has 0 radical (unpaired) electrons. The first-order chi connectivity index (χ1) is 11.2. The zero-order chi connectivity index (χ0) is 16.0. The summed E-state index contributed by atoms with van der Waals surface area (Å²) in [4.78, 5) is 26.8. The van der Waals surface area contributed by atoms with Crippen molar-refractivity contribution in [1.82, 2.24) is 4.90 Å². The second kappa shape index (κ2) is 5.17. The molecule has 1 atom stereocenters. The second-order valence-electron chi connectivity index (χ2n) is 6.40. The summed E-state index contributed by atoms with van der Waals surface area (Å²) in [6.07, 6.45) is 2.66. The number of nitrogens with zero attached hydrogens (tertiary/aromatic N) is 1. The van der Waals surface area contributed by atoms with E-state index in [4.69, 9.17) is 4.74 Å². The summed E-state index contributed by atoms with van der Waals surface area (Å²) < 4.78 is 5.50. The van der Waals surface area contributed by atoms with Crippen molar-refractivity contribution in [2.75, 3.05) is 13.2 Å². The van der Waals surface area contributed by atoms with Crippen molar-refractivity contribution in [2.24, 2.45) is 0 Å². The highest BCUT2D eigenvalue weighted by Gasteiger charge is 2.42. The minimum atomic E-state index is -0.179. The molecule has 1 unspecified atom stereocenters. The van der Waals surface area contributed by atoms with Crippen LogP contribution < -0.4 is 0 Å². The van der Waals surface area contributed by atoms with Gasteiger partial charge in [0.25, 0.3) is 11.8 Å². The summed E-state index contributed by atoms with van der Waals surface area (Å²) in [5.41, 5.74) is 1.26. The lowest BCUT2D eigenvalue weighted by Gasteiger charge is -2.27. The molecule has 4 heteroatoms. The predicted octanol–water partition coefficient (Wildman–Crippen LogP) is 3.40. The van der Waals surface area contributed by atoms with Crippen LogP contribution in [0.3, 0.4) is 0 Å². The Balaban J connectivity index is 1.61. The Morgan fingerprint density at radius 2 is 1.70 bits per heavy atom. The number of hydrogen-bond acceptors (Lipinski definition) is 3. The Kier molecular flexibility index (Phi) is 3.23. The smallest absolute Gasteiger partial charge is 0.261 e. The molecule has 2 aliphatic rings. The average Bonchev–Trinajstić information content (AvgIpc) is 3.36. The molecule has 118 valence electrons. The van der Waals surface area contributed by atoms with Crippen LogP contribution >= 0.6 is 0 Å². The quantitative estimate of drug-likeness (QED) is 0.628. The molecule has 2 aromatic rings. The van der Waals surface area contributed by atoms with Gasteiger partial charge in [-0.3, -0.25) is 14.5 Å². The number of benzene rings is 2. The first-order valence-corrected chi connectivity index (χ1v) is 8.17. The first-order valence-electron chi connectivity index (χ1n) is 8.17. The minimum absolute atomic E-state index is 0.000195. The summed E-state index contributed by atoms with van der Waals surface area (Å²) in [7, 11) is 0. The van der Waals surface area contributed by atoms with Gasteiger partial charge in [0, 0.05) is 23.1 Å². The van der Waals surface area contributed by atoms with Crippen molar-refractivity contribution in [3.05, 3.63) is 47.5 Å². The number of ether oxygens (including phenoxy) is 1. The summed E-state index contributed by atoms with van der Waals surface area (Å²) in [5.74, 6) is -0.358. The van der Waals surface area contributed by atoms with Gasteiger partial charge in [0.05, 0.1) is 12.2 Å². The zero-order valence-corrected chi connectivity index (χ0v) is 13.2. The van der Waals surface area contributed by atoms with Gasteiger partial charge >= 0.3 is 0 Å². The lowest BCUT2D eigenvalue weighted by Crippen LogP contribution is -2.41. The SMILES string of the molecule is CCC1(CCCN2C(=O)c3cccc4cccc(c34)C2=O)CO1. The molecule has 2 amide bonds. The van der Waals surface area contributed by atoms with E-state index in [-0.39, 0.29) is 17.4 Å². The van der Waals surface area contributed by atoms with E-state index in [0.29, 0.717) is 17.7 Å². The van der Waals surface area contributed by atoms with Crippen LogP contribution in [0.15, 0.2) is 36.4 Å². The van der Waals surface area contributed by atoms with Gasteiger partial charge in [-0.15, -0.1) is 0 Å². The molecule has 0 saturated carbocycles. The highest BCUT2D eigenvalue weighted by atomic mass is 16.6. The van der Waals surface area contributed by atoms with E-state index >= 15 is 0 Å². The van der Waals surface area contributed by atoms with Crippen molar-refractivity contribution < 1.29 is 14.3 Å². The standard InChI is InChI=1S/C19H19NO3/c1-2-19(12-23-19)10-5-11-20-17(21)14-8-3-6-13-7-4-9-15(16(13)14)18(20)22/h3-4,6-9H,2,5,10-12H2,1H3. The molecule has 4 nitrogen and oxygen atoms in total. The lowest BCUT2D eigenvalue weighted by atomic mass is 9.93. The number of hydrogen-bond donors (Lipinski definition) is 0.